The molecule has 0 radical (unpaired) electrons. The van der Waals surface area contributed by atoms with Crippen molar-refractivity contribution in [2.45, 2.75) is 51.6 Å². The normalized spacial score (nSPS) is 13.4. The third-order valence-electron chi connectivity index (χ3n) is 3.94. The molecule has 0 saturated heterocycles. The van der Waals surface area contributed by atoms with E-state index in [0.29, 0.717) is 19.8 Å². The van der Waals surface area contributed by atoms with Gasteiger partial charge in [-0.3, -0.25) is 0 Å². The summed E-state index contributed by atoms with van der Waals surface area (Å²) in [5.41, 5.74) is 1.13. The van der Waals surface area contributed by atoms with E-state index in [4.69, 9.17) is 9.16 Å². The topological polar surface area (TPSA) is 38.7 Å². The smallest absolute Gasteiger partial charge is 0.192 e. The molecule has 0 bridgehead atoms. The van der Waals surface area contributed by atoms with Crippen molar-refractivity contribution < 1.29 is 14.3 Å². The van der Waals surface area contributed by atoms with Crippen molar-refractivity contribution in [1.82, 2.24) is 0 Å². The summed E-state index contributed by atoms with van der Waals surface area (Å²) in [5, 5.41) is 9.95. The first-order chi connectivity index (χ1) is 9.65. The molecule has 0 fully saturated rings. The van der Waals surface area contributed by atoms with Crippen LogP contribution in [0.1, 0.15) is 26.3 Å². The Labute approximate surface area is 124 Å². The Morgan fingerprint density at radius 1 is 1.00 bits per heavy atom. The number of hydrogen-bond acceptors (Lipinski definition) is 3. The second-order valence-corrected chi connectivity index (χ2v) is 9.99. The Hall–Kier alpha value is -0.683. The largest absolute Gasteiger partial charge is 0.414 e. The number of hydrogen-bond donors (Lipinski definition) is 1. The van der Waals surface area contributed by atoms with E-state index in [-0.39, 0.29) is 0 Å². The molecule has 1 aromatic rings. The summed E-state index contributed by atoms with van der Waals surface area (Å²) in [5.74, 6) is 0. The number of benzene rings is 1. The van der Waals surface area contributed by atoms with Crippen molar-refractivity contribution in [2.75, 3.05) is 13.2 Å². The fourth-order valence-corrected chi connectivity index (χ4v) is 4.92. The highest BCUT2D eigenvalue weighted by Gasteiger charge is 2.29. The maximum absolute atomic E-state index is 9.95. The van der Waals surface area contributed by atoms with Crippen LogP contribution in [0.3, 0.4) is 0 Å². The summed E-state index contributed by atoms with van der Waals surface area (Å²) >= 11 is 0. The molecule has 1 rings (SSSR count). The second kappa shape index (κ2) is 9.29. The molecule has 3 nitrogen and oxygen atoms in total. The van der Waals surface area contributed by atoms with E-state index in [1.807, 2.05) is 30.3 Å². The Balaban J connectivity index is 2.25. The van der Waals surface area contributed by atoms with E-state index in [0.717, 1.165) is 23.7 Å². The Morgan fingerprint density at radius 2 is 1.60 bits per heavy atom. The fourth-order valence-electron chi connectivity index (χ4n) is 2.26. The molecule has 0 spiro atoms. The summed E-state index contributed by atoms with van der Waals surface area (Å²) in [6.45, 7) is 7.84. The molecule has 0 unspecified atom stereocenters. The molecule has 0 aliphatic rings. The number of rotatable bonds is 10. The first-order valence-electron chi connectivity index (χ1n) is 7.59. The van der Waals surface area contributed by atoms with Crippen molar-refractivity contribution in [2.24, 2.45) is 0 Å². The third-order valence-corrected chi connectivity index (χ3v) is 8.58. The van der Waals surface area contributed by atoms with Gasteiger partial charge in [-0.15, -0.1) is 0 Å². The summed E-state index contributed by atoms with van der Waals surface area (Å²) in [6.07, 6.45) is -0.532. The zero-order chi connectivity index (χ0) is 14.8. The predicted octanol–water partition coefficient (Wildman–Crippen LogP) is 3.59. The molecule has 1 aromatic carbocycles. The number of ether oxygens (including phenoxy) is 1. The van der Waals surface area contributed by atoms with Gasteiger partial charge in [0.1, 0.15) is 0 Å². The molecule has 0 saturated carbocycles. The quantitative estimate of drug-likeness (QED) is 0.671. The van der Waals surface area contributed by atoms with Gasteiger partial charge in [0.15, 0.2) is 8.32 Å². The summed E-state index contributed by atoms with van der Waals surface area (Å²) in [7, 11) is -1.60. The Kier molecular flexibility index (Phi) is 8.07. The van der Waals surface area contributed by atoms with Crippen LogP contribution in [0.2, 0.25) is 18.1 Å². The van der Waals surface area contributed by atoms with Gasteiger partial charge in [0.05, 0.1) is 25.9 Å². The summed E-state index contributed by atoms with van der Waals surface area (Å²) in [4.78, 5) is 0. The molecule has 0 aliphatic carbocycles. The minimum absolute atomic E-state index is 0.330. The van der Waals surface area contributed by atoms with Crippen LogP contribution in [0.5, 0.6) is 0 Å². The number of aliphatic hydroxyl groups is 1. The van der Waals surface area contributed by atoms with E-state index in [2.05, 4.69) is 20.8 Å². The zero-order valence-corrected chi connectivity index (χ0v) is 14.0. The van der Waals surface area contributed by atoms with E-state index in [1.165, 1.54) is 0 Å². The van der Waals surface area contributed by atoms with Crippen LogP contribution >= 0.6 is 0 Å². The van der Waals surface area contributed by atoms with Crippen LogP contribution < -0.4 is 0 Å². The molecule has 0 aromatic heterocycles. The van der Waals surface area contributed by atoms with Crippen molar-refractivity contribution >= 4 is 8.32 Å². The highest BCUT2D eigenvalue weighted by molar-refractivity contribution is 6.73. The van der Waals surface area contributed by atoms with Gasteiger partial charge in [-0.2, -0.15) is 0 Å². The molecule has 0 heterocycles. The molecule has 114 valence electrons. The molecular weight excluding hydrogens is 268 g/mol. The Morgan fingerprint density at radius 3 is 2.15 bits per heavy atom. The van der Waals surface area contributed by atoms with Crippen LogP contribution in [-0.4, -0.2) is 32.7 Å². The second-order valence-electron chi connectivity index (χ2n) is 5.21. The lowest BCUT2D eigenvalue weighted by Gasteiger charge is -2.29. The van der Waals surface area contributed by atoms with Gasteiger partial charge >= 0.3 is 0 Å². The van der Waals surface area contributed by atoms with E-state index >= 15 is 0 Å². The highest BCUT2D eigenvalue weighted by Crippen LogP contribution is 2.21. The van der Waals surface area contributed by atoms with Gasteiger partial charge in [-0.05, 0) is 23.7 Å². The molecule has 0 aliphatic heterocycles. The predicted molar refractivity (Wildman–Crippen MR) is 85.3 cm³/mol. The maximum atomic E-state index is 9.95. The van der Waals surface area contributed by atoms with Crippen LogP contribution in [0.4, 0.5) is 0 Å². The van der Waals surface area contributed by atoms with Gasteiger partial charge in [0.25, 0.3) is 0 Å². The first kappa shape index (κ1) is 17.4. The fraction of sp³-hybridized carbons (Fsp3) is 0.625. The summed E-state index contributed by atoms with van der Waals surface area (Å²) < 4.78 is 11.6. The zero-order valence-electron chi connectivity index (χ0n) is 13.0. The Bertz CT molecular complexity index is 344. The van der Waals surface area contributed by atoms with Gasteiger partial charge in [0.2, 0.25) is 0 Å². The van der Waals surface area contributed by atoms with E-state index < -0.39 is 14.4 Å². The van der Waals surface area contributed by atoms with Crippen LogP contribution in [-0.2, 0) is 15.8 Å². The molecule has 1 atom stereocenters. The lowest BCUT2D eigenvalue weighted by molar-refractivity contribution is 0.00320. The van der Waals surface area contributed by atoms with E-state index in [9.17, 15) is 5.11 Å². The van der Waals surface area contributed by atoms with Gasteiger partial charge < -0.3 is 14.3 Å². The van der Waals surface area contributed by atoms with Gasteiger partial charge in [-0.25, -0.2) is 0 Å². The molecular formula is C16H28O3Si. The average Bonchev–Trinajstić information content (AvgIpc) is 2.50. The monoisotopic (exact) mass is 296 g/mol. The van der Waals surface area contributed by atoms with Crippen LogP contribution in [0.15, 0.2) is 30.3 Å². The molecule has 1 N–H and O–H groups in total. The standard InChI is InChI=1S/C16H28O3Si/c1-4-20(5-2,6-3)19-14-16(17)13-18-12-15-10-8-7-9-11-15/h7-11,16-17H,4-6,12-14H2,1-3H3/t16-/m1/s1. The third kappa shape index (κ3) is 5.75. The summed E-state index contributed by atoms with van der Waals surface area (Å²) in [6, 6.07) is 13.3. The lowest BCUT2D eigenvalue weighted by atomic mass is 10.2. The van der Waals surface area contributed by atoms with E-state index in [1.54, 1.807) is 0 Å². The SMILES string of the molecule is CC[Si](CC)(CC)OC[C@H](O)COCc1ccccc1. The van der Waals surface area contributed by atoms with Crippen molar-refractivity contribution in [1.29, 1.82) is 0 Å². The van der Waals surface area contributed by atoms with Gasteiger partial charge in [-0.1, -0.05) is 51.1 Å². The molecule has 4 heteroatoms. The minimum Gasteiger partial charge on any atom is -0.414 e. The molecule has 20 heavy (non-hydrogen) atoms. The molecule has 0 amide bonds. The van der Waals surface area contributed by atoms with Crippen molar-refractivity contribution in [3.63, 3.8) is 0 Å². The first-order valence-corrected chi connectivity index (χ1v) is 10.1. The van der Waals surface area contributed by atoms with Crippen LogP contribution in [0.25, 0.3) is 0 Å². The number of aliphatic hydroxyl groups excluding tert-OH is 1. The average molecular weight is 296 g/mol. The van der Waals surface area contributed by atoms with Crippen molar-refractivity contribution in [3.05, 3.63) is 35.9 Å². The van der Waals surface area contributed by atoms with Gasteiger partial charge in [0, 0.05) is 0 Å². The lowest BCUT2D eigenvalue weighted by Crippen LogP contribution is -2.39. The minimum atomic E-state index is -1.60. The maximum Gasteiger partial charge on any atom is 0.192 e. The van der Waals surface area contributed by atoms with Crippen LogP contribution in [0, 0.1) is 0 Å². The highest BCUT2D eigenvalue weighted by atomic mass is 28.4. The van der Waals surface area contributed by atoms with Crippen molar-refractivity contribution in [3.8, 4) is 0 Å².